The molecule has 1 aliphatic carbocycles. The van der Waals surface area contributed by atoms with Crippen molar-refractivity contribution in [1.82, 2.24) is 9.97 Å². The number of hydrogen-bond donors (Lipinski definition) is 0. The Morgan fingerprint density at radius 1 is 0.796 bits per heavy atom. The number of fused-ring (bicyclic) bond motifs is 3. The fourth-order valence-corrected chi connectivity index (χ4v) is 6.31. The summed E-state index contributed by atoms with van der Waals surface area (Å²) in [6.07, 6.45) is 5.83. The van der Waals surface area contributed by atoms with Crippen LogP contribution in [0.4, 0.5) is 0 Å². The van der Waals surface area contributed by atoms with E-state index in [1.807, 2.05) is 66.7 Å². The number of benzene rings is 4. The first-order chi connectivity index (χ1) is 27.2. The minimum absolute atomic E-state index is 0. The third-order valence-corrected chi connectivity index (χ3v) is 9.16. The third kappa shape index (κ3) is 7.47. The first-order valence-corrected chi connectivity index (χ1v) is 16.2. The fourth-order valence-electron chi connectivity index (χ4n) is 6.31. The molecular weight excluding hydrogens is 777 g/mol. The van der Waals surface area contributed by atoms with E-state index in [1.54, 1.807) is 18.2 Å². The summed E-state index contributed by atoms with van der Waals surface area (Å²) in [6, 6.07) is 35.2. The molecule has 3 nitrogen and oxygen atoms in total. The third-order valence-electron chi connectivity index (χ3n) is 9.16. The number of aromatic nitrogens is 2. The van der Waals surface area contributed by atoms with E-state index in [0.29, 0.717) is 52.1 Å². The van der Waals surface area contributed by atoms with Gasteiger partial charge in [-0.1, -0.05) is 92.3 Å². The molecule has 0 N–H and O–H groups in total. The van der Waals surface area contributed by atoms with Gasteiger partial charge in [0.2, 0.25) is 0 Å². The number of aryl methyl sites for hydroxylation is 3. The fraction of sp³-hybridized carbons (Fsp3) is 0.244. The standard InChI is InChI=1S/C26H26NO.C19H16N.Ir/c1-17-16-27-23(15-22(17)18-11-13-26(2,3)14-12-18)21-9-6-8-20-19-7-4-5-10-24(19)28-25(20)21;1-14-8-10-17(11-9-14)19-12-18(15(2)13-20-19)16-6-4-3-5-7-16;/h4-8,10,15-16,18H,11-14H2,1-3H3;3-10,12-13H,1-2H3;/q2*-1;/i1D3,18D;1D3,2D3;. The van der Waals surface area contributed by atoms with E-state index in [1.165, 1.54) is 24.5 Å². The molecule has 3 aromatic heterocycles. The quantitative estimate of drug-likeness (QED) is 0.166. The van der Waals surface area contributed by atoms with E-state index in [-0.39, 0.29) is 42.2 Å². The minimum Gasteiger partial charge on any atom is -0.501 e. The predicted octanol–water partition coefficient (Wildman–Crippen LogP) is 12.3. The molecule has 0 amide bonds. The van der Waals surface area contributed by atoms with Gasteiger partial charge in [0.25, 0.3) is 0 Å². The van der Waals surface area contributed by atoms with Gasteiger partial charge in [0.1, 0.15) is 5.58 Å². The van der Waals surface area contributed by atoms with Gasteiger partial charge in [0, 0.05) is 51.6 Å². The van der Waals surface area contributed by atoms with Gasteiger partial charge in [-0.25, -0.2) is 0 Å². The van der Waals surface area contributed by atoms with Crippen molar-refractivity contribution in [2.75, 3.05) is 0 Å². The van der Waals surface area contributed by atoms with E-state index in [0.717, 1.165) is 34.8 Å². The van der Waals surface area contributed by atoms with Gasteiger partial charge in [-0.15, -0.1) is 53.6 Å². The van der Waals surface area contributed by atoms with Crippen LogP contribution in [0.1, 0.15) is 81.4 Å². The van der Waals surface area contributed by atoms with Crippen LogP contribution in [0, 0.1) is 38.1 Å². The summed E-state index contributed by atoms with van der Waals surface area (Å²) in [7, 11) is 0. The SMILES string of the molecule is [2H]C([2H])([2H])c1c[c-]c(-c2cc(-c3ccccc3)c(C([2H])([2H])[2H])cn2)cc1.[2H]C([2H])([2H])c1cnc(-c2[c-]ccc3c2oc2ccccc23)cc1C1([2H])CCC(C)(C)CC1.[Ir]. The smallest absolute Gasteiger partial charge is 0.120 e. The number of hydrogen-bond acceptors (Lipinski definition) is 3. The molecule has 1 aliphatic rings. The second kappa shape index (κ2) is 14.6. The van der Waals surface area contributed by atoms with E-state index in [4.69, 9.17) is 16.8 Å². The van der Waals surface area contributed by atoms with E-state index in [9.17, 15) is 1.37 Å². The maximum atomic E-state index is 9.26. The average Bonchev–Trinajstić information content (AvgIpc) is 3.57. The number of furan rings is 1. The molecule has 0 saturated heterocycles. The summed E-state index contributed by atoms with van der Waals surface area (Å²) in [5.41, 5.74) is 6.51. The summed E-state index contributed by atoms with van der Waals surface area (Å²) in [4.78, 5) is 8.78. The Bertz CT molecular complexity index is 2570. The van der Waals surface area contributed by atoms with Crippen LogP contribution >= 0.6 is 0 Å². The van der Waals surface area contributed by atoms with Crippen molar-refractivity contribution in [2.45, 2.75) is 66.0 Å². The van der Waals surface area contributed by atoms with Gasteiger partial charge in [-0.05, 0) is 96.0 Å². The second-order valence-electron chi connectivity index (χ2n) is 13.0. The van der Waals surface area contributed by atoms with Crippen molar-refractivity contribution in [3.05, 3.63) is 144 Å². The zero-order valence-corrected chi connectivity index (χ0v) is 29.8. The molecule has 3 heterocycles. The van der Waals surface area contributed by atoms with Gasteiger partial charge in [0.05, 0.1) is 5.58 Å². The molecule has 0 aliphatic heterocycles. The molecule has 0 bridgehead atoms. The van der Waals surface area contributed by atoms with Crippen LogP contribution in [0.15, 0.2) is 114 Å². The number of nitrogens with zero attached hydrogens (tertiary/aromatic N) is 2. The predicted molar refractivity (Wildman–Crippen MR) is 199 cm³/mol. The molecule has 249 valence electrons. The van der Waals surface area contributed by atoms with Crippen LogP contribution in [0.2, 0.25) is 0 Å². The molecule has 7 aromatic rings. The molecule has 0 spiro atoms. The van der Waals surface area contributed by atoms with Crippen LogP contribution in [-0.2, 0) is 20.1 Å². The molecule has 4 heteroatoms. The number of para-hydroxylation sites is 1. The van der Waals surface area contributed by atoms with Crippen molar-refractivity contribution in [3.63, 3.8) is 0 Å². The summed E-state index contributed by atoms with van der Waals surface area (Å²) in [5.74, 6) is -0.946. The molecular formula is C45H42IrN2O-2. The Morgan fingerprint density at radius 3 is 2.31 bits per heavy atom. The normalized spacial score (nSPS) is 18.7. The van der Waals surface area contributed by atoms with Crippen molar-refractivity contribution in [1.29, 1.82) is 0 Å². The topological polar surface area (TPSA) is 38.9 Å². The van der Waals surface area contributed by atoms with E-state index >= 15 is 0 Å². The largest absolute Gasteiger partial charge is 0.501 e. The van der Waals surface area contributed by atoms with Crippen LogP contribution < -0.4 is 0 Å². The monoisotopic (exact) mass is 829 g/mol. The second-order valence-corrected chi connectivity index (χ2v) is 13.0. The Labute approximate surface area is 318 Å². The summed E-state index contributed by atoms with van der Waals surface area (Å²) in [5, 5.41) is 1.99. The Balaban J connectivity index is 0.000000199. The Hall–Kier alpha value is -4.37. The van der Waals surface area contributed by atoms with Crippen LogP contribution in [0.3, 0.4) is 0 Å². The van der Waals surface area contributed by atoms with Gasteiger partial charge in [-0.2, -0.15) is 0 Å². The Kier molecular flexibility index (Phi) is 7.13. The molecule has 4 aromatic carbocycles. The van der Waals surface area contributed by atoms with Crippen LogP contribution in [0.5, 0.6) is 0 Å². The minimum atomic E-state index is -2.32. The molecule has 1 fully saturated rings. The van der Waals surface area contributed by atoms with Crippen molar-refractivity contribution >= 4 is 21.9 Å². The summed E-state index contributed by atoms with van der Waals surface area (Å²) < 4.78 is 85.1. The van der Waals surface area contributed by atoms with Crippen molar-refractivity contribution in [2.24, 2.45) is 5.41 Å². The number of rotatable bonds is 4. The maximum Gasteiger partial charge on any atom is 0.120 e. The number of pyridine rings is 2. The molecule has 0 unspecified atom stereocenters. The molecule has 0 atom stereocenters. The zero-order valence-electron chi connectivity index (χ0n) is 37.4. The van der Waals surface area contributed by atoms with Gasteiger partial charge >= 0.3 is 0 Å². The zero-order chi connectivity index (χ0) is 41.7. The first kappa shape index (κ1) is 23.9. The molecule has 8 rings (SSSR count). The van der Waals surface area contributed by atoms with Crippen LogP contribution in [0.25, 0.3) is 55.6 Å². The van der Waals surface area contributed by atoms with E-state index < -0.39 is 26.4 Å². The molecule has 49 heavy (non-hydrogen) atoms. The summed E-state index contributed by atoms with van der Waals surface area (Å²) >= 11 is 0. The van der Waals surface area contributed by atoms with Gasteiger partial charge in [-0.3, -0.25) is 0 Å². The Morgan fingerprint density at radius 2 is 1.55 bits per heavy atom. The van der Waals surface area contributed by atoms with E-state index in [2.05, 4.69) is 35.9 Å². The maximum absolute atomic E-state index is 9.26. The molecule has 1 radical (unpaired) electrons. The van der Waals surface area contributed by atoms with Crippen molar-refractivity contribution < 1.29 is 38.2 Å². The van der Waals surface area contributed by atoms with Gasteiger partial charge < -0.3 is 14.4 Å². The first-order valence-electron chi connectivity index (χ1n) is 21.2. The van der Waals surface area contributed by atoms with Crippen LogP contribution in [-0.4, -0.2) is 9.97 Å². The average molecular weight is 829 g/mol. The molecule has 1 saturated carbocycles. The van der Waals surface area contributed by atoms with Crippen molar-refractivity contribution in [3.8, 4) is 33.6 Å². The van der Waals surface area contributed by atoms with Gasteiger partial charge in [0.15, 0.2) is 0 Å². The summed E-state index contributed by atoms with van der Waals surface area (Å²) in [6.45, 7) is -2.37.